The fraction of sp³-hybridized carbons (Fsp3) is 0.375. The first-order valence-corrected chi connectivity index (χ1v) is 10.9. The number of carbonyl (C=O) groups excluding carboxylic acids is 2. The zero-order valence-corrected chi connectivity index (χ0v) is 18.3. The van der Waals surface area contributed by atoms with Gasteiger partial charge in [0.1, 0.15) is 5.76 Å². The first-order valence-electron chi connectivity index (χ1n) is 10.9. The lowest BCUT2D eigenvalue weighted by molar-refractivity contribution is -0.140. The summed E-state index contributed by atoms with van der Waals surface area (Å²) in [6.45, 7) is 7.37. The Hall–Kier alpha value is -3.39. The highest BCUT2D eigenvalue weighted by Gasteiger charge is 2.45. The SMILES string of the molecule is CCN(CC)CCCN1C(=O)C(=O)C(=C(O)c2ccc3c(c2)OCO3)C1c1ccncc1. The van der Waals surface area contributed by atoms with Crippen LogP contribution in [0.4, 0.5) is 0 Å². The minimum atomic E-state index is -0.690. The lowest BCUT2D eigenvalue weighted by Crippen LogP contribution is -2.33. The molecular weight excluding hydrogens is 410 g/mol. The minimum absolute atomic E-state index is 0.0721. The maximum Gasteiger partial charge on any atom is 0.295 e. The number of likely N-dealkylation sites (tertiary alicyclic amines) is 1. The number of amides is 1. The fourth-order valence-electron chi connectivity index (χ4n) is 4.21. The van der Waals surface area contributed by atoms with Gasteiger partial charge in [0, 0.05) is 24.5 Å². The molecule has 0 saturated carbocycles. The second-order valence-electron chi connectivity index (χ2n) is 7.72. The molecule has 8 nitrogen and oxygen atoms in total. The molecule has 2 aromatic rings. The molecule has 3 heterocycles. The molecule has 2 aliphatic rings. The van der Waals surface area contributed by atoms with Crippen LogP contribution in [0.25, 0.3) is 5.76 Å². The number of aliphatic hydroxyl groups excluding tert-OH is 1. The average Bonchev–Trinajstić information content (AvgIpc) is 3.39. The Kier molecular flexibility index (Phi) is 6.41. The quantitative estimate of drug-likeness (QED) is 0.386. The predicted octanol–water partition coefficient (Wildman–Crippen LogP) is 2.96. The molecule has 0 spiro atoms. The van der Waals surface area contributed by atoms with E-state index in [1.807, 2.05) is 0 Å². The number of benzene rings is 1. The number of aliphatic hydroxyl groups is 1. The van der Waals surface area contributed by atoms with Crippen LogP contribution in [0.15, 0.2) is 48.3 Å². The number of fused-ring (bicyclic) bond motifs is 1. The largest absolute Gasteiger partial charge is 0.507 e. The van der Waals surface area contributed by atoms with Gasteiger partial charge in [0.25, 0.3) is 11.7 Å². The van der Waals surface area contributed by atoms with Gasteiger partial charge < -0.3 is 24.4 Å². The van der Waals surface area contributed by atoms with Gasteiger partial charge in [-0.2, -0.15) is 0 Å². The molecule has 0 radical (unpaired) electrons. The van der Waals surface area contributed by atoms with Crippen molar-refractivity contribution in [3.8, 4) is 11.5 Å². The molecule has 4 rings (SSSR count). The van der Waals surface area contributed by atoms with E-state index in [9.17, 15) is 14.7 Å². The maximum absolute atomic E-state index is 13.1. The fourth-order valence-corrected chi connectivity index (χ4v) is 4.21. The van der Waals surface area contributed by atoms with Crippen LogP contribution in [0, 0.1) is 0 Å². The second-order valence-corrected chi connectivity index (χ2v) is 7.72. The molecule has 1 fully saturated rings. The van der Waals surface area contributed by atoms with Gasteiger partial charge in [-0.15, -0.1) is 0 Å². The molecule has 0 aliphatic carbocycles. The van der Waals surface area contributed by atoms with Crippen LogP contribution < -0.4 is 9.47 Å². The number of hydrogen-bond donors (Lipinski definition) is 1. The molecule has 1 atom stereocenters. The van der Waals surface area contributed by atoms with Gasteiger partial charge in [-0.25, -0.2) is 0 Å². The topological polar surface area (TPSA) is 92.2 Å². The van der Waals surface area contributed by atoms with E-state index in [0.717, 1.165) is 31.6 Å². The standard InChI is InChI=1S/C24H27N3O5/c1-3-26(4-2)12-5-13-27-21(16-8-10-25-11-9-16)20(23(29)24(27)30)22(28)17-6-7-18-19(14-17)32-15-31-18/h6-11,14,21,28H,3-5,12-13,15H2,1-2H3. The lowest BCUT2D eigenvalue weighted by Gasteiger charge is -2.26. The van der Waals surface area contributed by atoms with Crippen LogP contribution in [-0.4, -0.2) is 64.6 Å². The number of hydrogen-bond acceptors (Lipinski definition) is 7. The number of aromatic nitrogens is 1. The second kappa shape index (κ2) is 9.40. The van der Waals surface area contributed by atoms with Crippen molar-refractivity contribution in [2.75, 3.05) is 33.0 Å². The zero-order valence-electron chi connectivity index (χ0n) is 18.3. The van der Waals surface area contributed by atoms with E-state index in [0.29, 0.717) is 23.6 Å². The van der Waals surface area contributed by atoms with Crippen LogP contribution in [0.2, 0.25) is 0 Å². The summed E-state index contributed by atoms with van der Waals surface area (Å²) in [6, 6.07) is 7.80. The van der Waals surface area contributed by atoms with Crippen molar-refractivity contribution in [1.29, 1.82) is 0 Å². The molecule has 1 N–H and O–H groups in total. The van der Waals surface area contributed by atoms with Gasteiger partial charge in [0.2, 0.25) is 6.79 Å². The molecule has 1 aromatic heterocycles. The lowest BCUT2D eigenvalue weighted by atomic mass is 9.96. The van der Waals surface area contributed by atoms with Gasteiger partial charge in [-0.05, 0) is 62.0 Å². The number of carbonyl (C=O) groups is 2. The van der Waals surface area contributed by atoms with E-state index in [-0.39, 0.29) is 18.1 Å². The molecule has 1 amide bonds. The Morgan fingerprint density at radius 1 is 1.12 bits per heavy atom. The molecule has 8 heteroatoms. The monoisotopic (exact) mass is 437 g/mol. The van der Waals surface area contributed by atoms with Crippen molar-refractivity contribution in [2.24, 2.45) is 0 Å². The summed E-state index contributed by atoms with van der Waals surface area (Å²) in [5.41, 5.74) is 1.20. The Labute approximate surface area is 187 Å². The van der Waals surface area contributed by atoms with Crippen molar-refractivity contribution >= 4 is 17.4 Å². The summed E-state index contributed by atoms with van der Waals surface area (Å²) in [4.78, 5) is 33.9. The number of nitrogens with zero attached hydrogens (tertiary/aromatic N) is 3. The number of ketones is 1. The molecule has 168 valence electrons. The predicted molar refractivity (Wildman–Crippen MR) is 118 cm³/mol. The first-order chi connectivity index (χ1) is 15.5. The van der Waals surface area contributed by atoms with Crippen LogP contribution in [0.5, 0.6) is 11.5 Å². The van der Waals surface area contributed by atoms with Crippen LogP contribution in [0.1, 0.15) is 37.4 Å². The third kappa shape index (κ3) is 4.05. The summed E-state index contributed by atoms with van der Waals surface area (Å²) in [5.74, 6) is -0.458. The highest BCUT2D eigenvalue weighted by atomic mass is 16.7. The van der Waals surface area contributed by atoms with Gasteiger partial charge in [-0.1, -0.05) is 13.8 Å². The third-order valence-corrected chi connectivity index (χ3v) is 5.98. The highest BCUT2D eigenvalue weighted by Crippen LogP contribution is 2.41. The normalized spacial score (nSPS) is 19.2. The summed E-state index contributed by atoms with van der Waals surface area (Å²) in [5, 5.41) is 11.1. The maximum atomic E-state index is 13.1. The van der Waals surface area contributed by atoms with Crippen LogP contribution >= 0.6 is 0 Å². The van der Waals surface area contributed by atoms with Crippen LogP contribution in [0.3, 0.4) is 0 Å². The molecule has 0 bridgehead atoms. The minimum Gasteiger partial charge on any atom is -0.507 e. The Morgan fingerprint density at radius 3 is 2.56 bits per heavy atom. The summed E-state index contributed by atoms with van der Waals surface area (Å²) < 4.78 is 10.7. The smallest absolute Gasteiger partial charge is 0.295 e. The molecular formula is C24H27N3O5. The highest BCUT2D eigenvalue weighted by molar-refractivity contribution is 6.46. The molecule has 32 heavy (non-hydrogen) atoms. The average molecular weight is 437 g/mol. The molecule has 1 saturated heterocycles. The number of pyridine rings is 1. The molecule has 1 aromatic carbocycles. The van der Waals surface area contributed by atoms with E-state index >= 15 is 0 Å². The van der Waals surface area contributed by atoms with E-state index in [1.165, 1.54) is 0 Å². The third-order valence-electron chi connectivity index (χ3n) is 5.98. The van der Waals surface area contributed by atoms with Crippen molar-refractivity contribution in [1.82, 2.24) is 14.8 Å². The van der Waals surface area contributed by atoms with Crippen molar-refractivity contribution in [2.45, 2.75) is 26.3 Å². The van der Waals surface area contributed by atoms with Gasteiger partial charge in [0.15, 0.2) is 11.5 Å². The summed E-state index contributed by atoms with van der Waals surface area (Å²) in [7, 11) is 0. The number of ether oxygens (including phenoxy) is 2. The van der Waals surface area contributed by atoms with E-state index in [2.05, 4.69) is 23.7 Å². The summed E-state index contributed by atoms with van der Waals surface area (Å²) in [6.07, 6.45) is 3.96. The van der Waals surface area contributed by atoms with Crippen molar-refractivity contribution < 1.29 is 24.2 Å². The first kappa shape index (κ1) is 21.8. The Bertz CT molecular complexity index is 1030. The Morgan fingerprint density at radius 2 is 1.84 bits per heavy atom. The van der Waals surface area contributed by atoms with E-state index in [4.69, 9.17) is 9.47 Å². The van der Waals surface area contributed by atoms with E-state index in [1.54, 1.807) is 47.6 Å². The molecule has 2 aliphatic heterocycles. The van der Waals surface area contributed by atoms with Gasteiger partial charge in [0.05, 0.1) is 11.6 Å². The Balaban J connectivity index is 1.71. The zero-order chi connectivity index (χ0) is 22.7. The van der Waals surface area contributed by atoms with E-state index < -0.39 is 17.7 Å². The van der Waals surface area contributed by atoms with Crippen molar-refractivity contribution in [3.63, 3.8) is 0 Å². The number of Topliss-reactive ketones (excluding diaryl/α,β-unsaturated/α-hetero) is 1. The van der Waals surface area contributed by atoms with Crippen LogP contribution in [-0.2, 0) is 9.59 Å². The molecule has 1 unspecified atom stereocenters. The number of rotatable bonds is 8. The van der Waals surface area contributed by atoms with Crippen molar-refractivity contribution in [3.05, 3.63) is 59.4 Å². The van der Waals surface area contributed by atoms with Gasteiger partial charge >= 0.3 is 0 Å². The van der Waals surface area contributed by atoms with Gasteiger partial charge in [-0.3, -0.25) is 14.6 Å². The summed E-state index contributed by atoms with van der Waals surface area (Å²) >= 11 is 0.